The monoisotopic (exact) mass is 170 g/mol. The molecule has 0 unspecified atom stereocenters. The molecule has 2 atom stereocenters. The highest BCUT2D eigenvalue weighted by atomic mass is 16.5. The van der Waals surface area contributed by atoms with Crippen molar-refractivity contribution in [3.8, 4) is 0 Å². The zero-order valence-corrected chi connectivity index (χ0v) is 7.03. The predicted molar refractivity (Wildman–Crippen MR) is 43.5 cm³/mol. The smallest absolute Gasteiger partial charge is 0.239 e. The summed E-state index contributed by atoms with van der Waals surface area (Å²) in [5.41, 5.74) is 5.60. The molecule has 68 valence electrons. The van der Waals surface area contributed by atoms with E-state index in [1.807, 2.05) is 4.90 Å². The maximum absolute atomic E-state index is 11.4. The van der Waals surface area contributed by atoms with Crippen molar-refractivity contribution >= 4 is 5.91 Å². The summed E-state index contributed by atoms with van der Waals surface area (Å²) < 4.78 is 5.22. The SMILES string of the molecule is N[C@H]1CCN([C@H]2CCOC2)C1=O. The highest BCUT2D eigenvalue weighted by Gasteiger charge is 2.35. The first-order valence-corrected chi connectivity index (χ1v) is 4.43. The van der Waals surface area contributed by atoms with E-state index in [-0.39, 0.29) is 11.9 Å². The quantitative estimate of drug-likeness (QED) is 0.568. The Bertz CT molecular complexity index is 189. The lowest BCUT2D eigenvalue weighted by Crippen LogP contribution is -2.41. The molecular weight excluding hydrogens is 156 g/mol. The highest BCUT2D eigenvalue weighted by molar-refractivity contribution is 5.84. The van der Waals surface area contributed by atoms with Gasteiger partial charge in [-0.15, -0.1) is 0 Å². The van der Waals surface area contributed by atoms with E-state index in [9.17, 15) is 4.79 Å². The summed E-state index contributed by atoms with van der Waals surface area (Å²) in [5.74, 6) is 0.102. The standard InChI is InChI=1S/C8H14N2O2/c9-7-1-3-10(8(7)11)6-2-4-12-5-6/h6-7H,1-5,9H2/t6-,7-/m0/s1. The molecule has 0 aliphatic carbocycles. The van der Waals surface area contributed by atoms with Crippen LogP contribution in [0.5, 0.6) is 0 Å². The van der Waals surface area contributed by atoms with Crippen molar-refractivity contribution in [1.82, 2.24) is 4.90 Å². The number of likely N-dealkylation sites (tertiary alicyclic amines) is 1. The van der Waals surface area contributed by atoms with Crippen LogP contribution in [0, 0.1) is 0 Å². The van der Waals surface area contributed by atoms with Crippen molar-refractivity contribution in [2.24, 2.45) is 5.73 Å². The van der Waals surface area contributed by atoms with Gasteiger partial charge in [0, 0.05) is 13.2 Å². The maximum Gasteiger partial charge on any atom is 0.239 e. The molecule has 2 aliphatic rings. The van der Waals surface area contributed by atoms with Gasteiger partial charge in [0.05, 0.1) is 18.7 Å². The molecule has 2 saturated heterocycles. The van der Waals surface area contributed by atoms with E-state index in [0.29, 0.717) is 12.6 Å². The zero-order valence-electron chi connectivity index (χ0n) is 7.03. The molecule has 0 aromatic heterocycles. The topological polar surface area (TPSA) is 55.6 Å². The number of hydrogen-bond donors (Lipinski definition) is 1. The molecule has 12 heavy (non-hydrogen) atoms. The van der Waals surface area contributed by atoms with Crippen LogP contribution in [0.1, 0.15) is 12.8 Å². The average molecular weight is 170 g/mol. The van der Waals surface area contributed by atoms with Gasteiger partial charge in [-0.25, -0.2) is 0 Å². The molecule has 0 spiro atoms. The Morgan fingerprint density at radius 2 is 2.33 bits per heavy atom. The molecule has 2 N–H and O–H groups in total. The number of nitrogens with two attached hydrogens (primary N) is 1. The van der Waals surface area contributed by atoms with E-state index in [2.05, 4.69) is 0 Å². The molecule has 2 fully saturated rings. The maximum atomic E-state index is 11.4. The summed E-state index contributed by atoms with van der Waals surface area (Å²) in [4.78, 5) is 13.3. The van der Waals surface area contributed by atoms with Crippen LogP contribution in [-0.4, -0.2) is 42.6 Å². The molecule has 2 rings (SSSR count). The van der Waals surface area contributed by atoms with E-state index in [4.69, 9.17) is 10.5 Å². The molecule has 0 aromatic carbocycles. The van der Waals surface area contributed by atoms with Gasteiger partial charge < -0.3 is 15.4 Å². The number of rotatable bonds is 1. The van der Waals surface area contributed by atoms with Gasteiger partial charge in [0.1, 0.15) is 0 Å². The number of ether oxygens (including phenoxy) is 1. The first kappa shape index (κ1) is 8.01. The zero-order chi connectivity index (χ0) is 8.55. The van der Waals surface area contributed by atoms with E-state index < -0.39 is 0 Å². The summed E-state index contributed by atoms with van der Waals surface area (Å²) in [7, 11) is 0. The van der Waals surface area contributed by atoms with Gasteiger partial charge in [-0.1, -0.05) is 0 Å². The molecule has 0 radical (unpaired) electrons. The second-order valence-electron chi connectivity index (χ2n) is 3.44. The fourth-order valence-electron chi connectivity index (χ4n) is 1.86. The molecule has 0 aromatic rings. The summed E-state index contributed by atoms with van der Waals surface area (Å²) in [5, 5.41) is 0. The lowest BCUT2D eigenvalue weighted by molar-refractivity contribution is -0.130. The molecule has 4 nitrogen and oxygen atoms in total. The fraction of sp³-hybridized carbons (Fsp3) is 0.875. The lowest BCUT2D eigenvalue weighted by Gasteiger charge is -2.22. The second kappa shape index (κ2) is 3.03. The van der Waals surface area contributed by atoms with E-state index >= 15 is 0 Å². The minimum absolute atomic E-state index is 0.102. The van der Waals surface area contributed by atoms with E-state index in [1.54, 1.807) is 0 Å². The summed E-state index contributed by atoms with van der Waals surface area (Å²) >= 11 is 0. The van der Waals surface area contributed by atoms with Crippen LogP contribution < -0.4 is 5.73 Å². The van der Waals surface area contributed by atoms with Crippen molar-refractivity contribution in [2.75, 3.05) is 19.8 Å². The second-order valence-corrected chi connectivity index (χ2v) is 3.44. The van der Waals surface area contributed by atoms with Crippen LogP contribution in [-0.2, 0) is 9.53 Å². The minimum Gasteiger partial charge on any atom is -0.379 e. The Kier molecular flexibility index (Phi) is 2.02. The third kappa shape index (κ3) is 1.21. The van der Waals surface area contributed by atoms with Crippen LogP contribution in [0.25, 0.3) is 0 Å². The Morgan fingerprint density at radius 3 is 2.83 bits per heavy atom. The third-order valence-corrected chi connectivity index (χ3v) is 2.63. The fourth-order valence-corrected chi connectivity index (χ4v) is 1.86. The molecule has 0 bridgehead atoms. The average Bonchev–Trinajstić information content (AvgIpc) is 2.64. The van der Waals surface area contributed by atoms with Gasteiger partial charge in [0.2, 0.25) is 5.91 Å². The molecular formula is C8H14N2O2. The minimum atomic E-state index is -0.259. The molecule has 1 amide bonds. The first-order chi connectivity index (χ1) is 5.79. The lowest BCUT2D eigenvalue weighted by atomic mass is 10.2. The van der Waals surface area contributed by atoms with Gasteiger partial charge in [0.15, 0.2) is 0 Å². The molecule has 0 saturated carbocycles. The molecule has 4 heteroatoms. The Labute approximate surface area is 71.7 Å². The molecule has 2 aliphatic heterocycles. The largest absolute Gasteiger partial charge is 0.379 e. The first-order valence-electron chi connectivity index (χ1n) is 4.43. The van der Waals surface area contributed by atoms with Crippen LogP contribution in [0.3, 0.4) is 0 Å². The normalized spacial score (nSPS) is 36.4. The number of hydrogen-bond acceptors (Lipinski definition) is 3. The van der Waals surface area contributed by atoms with Crippen LogP contribution >= 0.6 is 0 Å². The van der Waals surface area contributed by atoms with Gasteiger partial charge in [-0.2, -0.15) is 0 Å². The van der Waals surface area contributed by atoms with Crippen molar-refractivity contribution < 1.29 is 9.53 Å². The highest BCUT2D eigenvalue weighted by Crippen LogP contribution is 2.18. The Balaban J connectivity index is 1.99. The number of amides is 1. The molecule has 2 heterocycles. The predicted octanol–water partition coefficient (Wildman–Crippen LogP) is -0.665. The van der Waals surface area contributed by atoms with Crippen LogP contribution in [0.15, 0.2) is 0 Å². The van der Waals surface area contributed by atoms with Gasteiger partial charge in [-0.3, -0.25) is 4.79 Å². The summed E-state index contributed by atoms with van der Waals surface area (Å²) in [6.45, 7) is 2.29. The Hall–Kier alpha value is -0.610. The van der Waals surface area contributed by atoms with Gasteiger partial charge in [0.25, 0.3) is 0 Å². The van der Waals surface area contributed by atoms with Crippen LogP contribution in [0.2, 0.25) is 0 Å². The van der Waals surface area contributed by atoms with E-state index in [1.165, 1.54) is 0 Å². The number of carbonyl (C=O) groups excluding carboxylic acids is 1. The van der Waals surface area contributed by atoms with Crippen molar-refractivity contribution in [1.29, 1.82) is 0 Å². The number of nitrogens with zero attached hydrogens (tertiary/aromatic N) is 1. The van der Waals surface area contributed by atoms with E-state index in [0.717, 1.165) is 26.0 Å². The van der Waals surface area contributed by atoms with Crippen molar-refractivity contribution in [3.05, 3.63) is 0 Å². The van der Waals surface area contributed by atoms with Crippen LogP contribution in [0.4, 0.5) is 0 Å². The third-order valence-electron chi connectivity index (χ3n) is 2.63. The van der Waals surface area contributed by atoms with Gasteiger partial charge >= 0.3 is 0 Å². The summed E-state index contributed by atoms with van der Waals surface area (Å²) in [6.07, 6.45) is 1.77. The summed E-state index contributed by atoms with van der Waals surface area (Å²) in [6, 6.07) is 0.0386. The van der Waals surface area contributed by atoms with Gasteiger partial charge in [-0.05, 0) is 12.8 Å². The number of carbonyl (C=O) groups is 1. The van der Waals surface area contributed by atoms with Crippen molar-refractivity contribution in [2.45, 2.75) is 24.9 Å². The Morgan fingerprint density at radius 1 is 1.50 bits per heavy atom. The van der Waals surface area contributed by atoms with Crippen molar-refractivity contribution in [3.63, 3.8) is 0 Å².